The fourth-order valence-corrected chi connectivity index (χ4v) is 2.36. The Hall–Kier alpha value is -1.88. The minimum absolute atomic E-state index is 0.00717. The maximum Gasteiger partial charge on any atom is 0.285 e. The second-order valence-corrected chi connectivity index (χ2v) is 6.90. The van der Waals surface area contributed by atoms with Gasteiger partial charge in [-0.15, -0.1) is 0 Å². The molecule has 1 aromatic carbocycles. The number of benzene rings is 1. The van der Waals surface area contributed by atoms with Crippen LogP contribution in [0.2, 0.25) is 0 Å². The van der Waals surface area contributed by atoms with Crippen molar-refractivity contribution in [1.29, 1.82) is 0 Å². The summed E-state index contributed by atoms with van der Waals surface area (Å²) in [7, 11) is 5.35. The van der Waals surface area contributed by atoms with Crippen LogP contribution in [0.1, 0.15) is 32.4 Å². The van der Waals surface area contributed by atoms with Crippen LogP contribution >= 0.6 is 0 Å². The molecule has 0 saturated heterocycles. The SMILES string of the molecule is CN(C)C(=O)[C@@H](c1ccccc1)[NH+](C)CC(=O)NC(C)(C)C. The average molecular weight is 306 g/mol. The molecular formula is C17H28N3O2+. The molecule has 0 saturated carbocycles. The van der Waals surface area contributed by atoms with Crippen LogP contribution in [-0.2, 0) is 9.59 Å². The Morgan fingerprint density at radius 2 is 1.73 bits per heavy atom. The normalized spacial score (nSPS) is 14.1. The number of nitrogens with zero attached hydrogens (tertiary/aromatic N) is 1. The fourth-order valence-electron chi connectivity index (χ4n) is 2.36. The van der Waals surface area contributed by atoms with Crippen LogP contribution in [0, 0.1) is 0 Å². The highest BCUT2D eigenvalue weighted by molar-refractivity contribution is 5.82. The first-order valence-electron chi connectivity index (χ1n) is 7.51. The first-order valence-corrected chi connectivity index (χ1v) is 7.51. The second kappa shape index (κ2) is 7.40. The van der Waals surface area contributed by atoms with Gasteiger partial charge in [0.1, 0.15) is 0 Å². The molecule has 0 fully saturated rings. The van der Waals surface area contributed by atoms with Crippen molar-refractivity contribution in [2.45, 2.75) is 32.4 Å². The van der Waals surface area contributed by atoms with Crippen LogP contribution in [-0.4, -0.2) is 49.9 Å². The second-order valence-electron chi connectivity index (χ2n) is 6.90. The number of carbonyl (C=O) groups is 2. The topological polar surface area (TPSA) is 53.9 Å². The molecule has 2 atom stereocenters. The molecule has 0 spiro atoms. The van der Waals surface area contributed by atoms with Crippen LogP contribution in [0.4, 0.5) is 0 Å². The summed E-state index contributed by atoms with van der Waals surface area (Å²) in [5.41, 5.74) is 0.646. The zero-order valence-corrected chi connectivity index (χ0v) is 14.4. The van der Waals surface area contributed by atoms with Crippen molar-refractivity contribution < 1.29 is 14.5 Å². The minimum atomic E-state index is -0.387. The Labute approximate surface area is 133 Å². The molecular weight excluding hydrogens is 278 g/mol. The quantitative estimate of drug-likeness (QED) is 0.819. The first kappa shape index (κ1) is 18.2. The van der Waals surface area contributed by atoms with Gasteiger partial charge in [0.2, 0.25) is 0 Å². The lowest BCUT2D eigenvalue weighted by Gasteiger charge is -2.28. The maximum atomic E-state index is 12.5. The van der Waals surface area contributed by atoms with Crippen LogP contribution in [0.25, 0.3) is 0 Å². The van der Waals surface area contributed by atoms with Crippen LogP contribution in [0.15, 0.2) is 30.3 Å². The van der Waals surface area contributed by atoms with E-state index in [-0.39, 0.29) is 29.9 Å². The van der Waals surface area contributed by atoms with Crippen molar-refractivity contribution in [3.05, 3.63) is 35.9 Å². The molecule has 5 nitrogen and oxygen atoms in total. The number of hydrogen-bond acceptors (Lipinski definition) is 2. The van der Waals surface area contributed by atoms with E-state index < -0.39 is 0 Å². The van der Waals surface area contributed by atoms with Gasteiger partial charge in [-0.1, -0.05) is 30.3 Å². The molecule has 0 aliphatic heterocycles. The van der Waals surface area contributed by atoms with Crippen molar-refractivity contribution in [1.82, 2.24) is 10.2 Å². The molecule has 1 rings (SSSR count). The molecule has 1 unspecified atom stereocenters. The number of rotatable bonds is 5. The van der Waals surface area contributed by atoms with Crippen molar-refractivity contribution in [3.8, 4) is 0 Å². The molecule has 122 valence electrons. The van der Waals surface area contributed by atoms with E-state index in [1.54, 1.807) is 19.0 Å². The van der Waals surface area contributed by atoms with E-state index in [4.69, 9.17) is 0 Å². The molecule has 1 aromatic rings. The standard InChI is InChI=1S/C17H27N3O2/c1-17(2,3)18-14(21)12-20(6)15(16(22)19(4)5)13-10-8-7-9-11-13/h7-11,15H,12H2,1-6H3,(H,18,21)/p+1/t15-/m1/s1. The van der Waals surface area contributed by atoms with Gasteiger partial charge in [-0.2, -0.15) is 0 Å². The largest absolute Gasteiger partial charge is 0.347 e. The number of carbonyl (C=O) groups excluding carboxylic acids is 2. The minimum Gasteiger partial charge on any atom is -0.347 e. The fraction of sp³-hybridized carbons (Fsp3) is 0.529. The van der Waals surface area contributed by atoms with E-state index in [0.717, 1.165) is 10.5 Å². The molecule has 0 aliphatic carbocycles. The van der Waals surface area contributed by atoms with E-state index in [1.807, 2.05) is 58.2 Å². The molecule has 0 aliphatic rings. The number of nitrogens with one attached hydrogen (secondary N) is 2. The van der Waals surface area contributed by atoms with Crippen molar-refractivity contribution in [3.63, 3.8) is 0 Å². The number of hydrogen-bond donors (Lipinski definition) is 2. The monoisotopic (exact) mass is 306 g/mol. The summed E-state index contributed by atoms with van der Waals surface area (Å²) in [6.07, 6.45) is 0. The summed E-state index contributed by atoms with van der Waals surface area (Å²) < 4.78 is 0. The average Bonchev–Trinajstić information content (AvgIpc) is 2.37. The van der Waals surface area contributed by atoms with Gasteiger partial charge in [0, 0.05) is 25.2 Å². The van der Waals surface area contributed by atoms with Crippen molar-refractivity contribution in [2.75, 3.05) is 27.7 Å². The Kier molecular flexibility index (Phi) is 6.11. The third kappa shape index (κ3) is 5.48. The molecule has 2 N–H and O–H groups in total. The zero-order valence-electron chi connectivity index (χ0n) is 14.4. The smallest absolute Gasteiger partial charge is 0.285 e. The lowest BCUT2D eigenvalue weighted by Crippen LogP contribution is -3.11. The van der Waals surface area contributed by atoms with Gasteiger partial charge < -0.3 is 15.1 Å². The van der Waals surface area contributed by atoms with E-state index in [1.165, 1.54) is 0 Å². The van der Waals surface area contributed by atoms with Gasteiger partial charge in [-0.3, -0.25) is 9.59 Å². The number of amides is 2. The van der Waals surface area contributed by atoms with Crippen LogP contribution < -0.4 is 10.2 Å². The number of quaternary nitrogens is 1. The molecule has 0 radical (unpaired) electrons. The van der Waals surface area contributed by atoms with Crippen LogP contribution in [0.5, 0.6) is 0 Å². The Balaban J connectivity index is 2.92. The summed E-state index contributed by atoms with van der Waals surface area (Å²) >= 11 is 0. The maximum absolute atomic E-state index is 12.5. The van der Waals surface area contributed by atoms with Crippen LogP contribution in [0.3, 0.4) is 0 Å². The van der Waals surface area contributed by atoms with E-state index in [0.29, 0.717) is 0 Å². The zero-order chi connectivity index (χ0) is 16.9. The van der Waals surface area contributed by atoms with Gasteiger partial charge in [0.05, 0.1) is 7.05 Å². The molecule has 5 heteroatoms. The first-order chi connectivity index (χ1) is 10.1. The molecule has 0 heterocycles. The van der Waals surface area contributed by atoms with Gasteiger partial charge in [0.25, 0.3) is 11.8 Å². The third-order valence-electron chi connectivity index (χ3n) is 3.27. The molecule has 0 bridgehead atoms. The predicted octanol–water partition coefficient (Wildman–Crippen LogP) is 0.245. The van der Waals surface area contributed by atoms with E-state index in [9.17, 15) is 9.59 Å². The van der Waals surface area contributed by atoms with Gasteiger partial charge in [0.15, 0.2) is 12.6 Å². The summed E-state index contributed by atoms with van der Waals surface area (Å²) in [6.45, 7) is 6.08. The highest BCUT2D eigenvalue weighted by Crippen LogP contribution is 2.11. The highest BCUT2D eigenvalue weighted by atomic mass is 16.2. The van der Waals surface area contributed by atoms with E-state index in [2.05, 4.69) is 5.32 Å². The Morgan fingerprint density at radius 1 is 1.18 bits per heavy atom. The van der Waals surface area contributed by atoms with Gasteiger partial charge in [-0.05, 0) is 20.8 Å². The molecule has 0 aromatic heterocycles. The van der Waals surface area contributed by atoms with Gasteiger partial charge >= 0.3 is 0 Å². The van der Waals surface area contributed by atoms with Crippen molar-refractivity contribution >= 4 is 11.8 Å². The summed E-state index contributed by atoms with van der Waals surface area (Å²) in [5, 5.41) is 2.94. The van der Waals surface area contributed by atoms with E-state index >= 15 is 0 Å². The van der Waals surface area contributed by atoms with Crippen molar-refractivity contribution in [2.24, 2.45) is 0 Å². The molecule has 2 amide bonds. The summed E-state index contributed by atoms with van der Waals surface area (Å²) in [6, 6.07) is 9.21. The predicted molar refractivity (Wildman–Crippen MR) is 87.5 cm³/mol. The summed E-state index contributed by atoms with van der Waals surface area (Å²) in [5.74, 6) is -0.0651. The summed E-state index contributed by atoms with van der Waals surface area (Å²) in [4.78, 5) is 27.1. The number of likely N-dealkylation sites (N-methyl/N-ethyl adjacent to an activating group) is 2. The lowest BCUT2D eigenvalue weighted by molar-refractivity contribution is -0.894. The Bertz CT molecular complexity index is 506. The molecule has 22 heavy (non-hydrogen) atoms. The lowest BCUT2D eigenvalue weighted by atomic mass is 10.0. The highest BCUT2D eigenvalue weighted by Gasteiger charge is 2.32. The Morgan fingerprint density at radius 3 is 2.18 bits per heavy atom. The van der Waals surface area contributed by atoms with Gasteiger partial charge in [-0.25, -0.2) is 0 Å². The third-order valence-corrected chi connectivity index (χ3v) is 3.27.